The highest BCUT2D eigenvalue weighted by molar-refractivity contribution is 5.89. The summed E-state index contributed by atoms with van der Waals surface area (Å²) in [7, 11) is 0. The third-order valence-corrected chi connectivity index (χ3v) is 3.07. The molecule has 0 radical (unpaired) electrons. The number of hydrogen-bond acceptors (Lipinski definition) is 3. The number of aromatic nitrogens is 1. The lowest BCUT2D eigenvalue weighted by atomic mass is 10.1. The number of pyridine rings is 1. The average Bonchev–Trinajstić information content (AvgIpc) is 2.43. The van der Waals surface area contributed by atoms with Crippen molar-refractivity contribution in [3.8, 4) is 0 Å². The number of ether oxygens (including phenoxy) is 1. The van der Waals surface area contributed by atoms with E-state index in [-0.39, 0.29) is 17.6 Å². The lowest BCUT2D eigenvalue weighted by Gasteiger charge is -2.10. The molecule has 21 heavy (non-hydrogen) atoms. The molecule has 1 aromatic heterocycles. The van der Waals surface area contributed by atoms with Gasteiger partial charge in [0, 0.05) is 11.8 Å². The number of nitrogens with zero attached hydrogens (tertiary/aromatic N) is 1. The molecule has 4 heteroatoms. The number of aryl methyl sites for hydroxylation is 1. The molecular formula is C17H19NO3. The lowest BCUT2D eigenvalue weighted by Crippen LogP contribution is -2.21. The number of rotatable bonds is 4. The van der Waals surface area contributed by atoms with Crippen LogP contribution in [0.3, 0.4) is 0 Å². The van der Waals surface area contributed by atoms with E-state index in [1.165, 1.54) is 0 Å². The van der Waals surface area contributed by atoms with E-state index in [9.17, 15) is 9.59 Å². The van der Waals surface area contributed by atoms with Crippen LogP contribution in [0, 0.1) is 6.92 Å². The predicted molar refractivity (Wildman–Crippen MR) is 81.5 cm³/mol. The van der Waals surface area contributed by atoms with Crippen molar-refractivity contribution in [2.75, 3.05) is 0 Å². The zero-order chi connectivity index (χ0) is 15.4. The summed E-state index contributed by atoms with van der Waals surface area (Å²) in [6, 6.07) is 10.8. The largest absolute Gasteiger partial charge is 0.459 e. The highest BCUT2D eigenvalue weighted by Crippen LogP contribution is 2.09. The highest BCUT2D eigenvalue weighted by Gasteiger charge is 2.10. The van der Waals surface area contributed by atoms with Gasteiger partial charge in [-0.25, -0.2) is 4.79 Å². The van der Waals surface area contributed by atoms with Gasteiger partial charge in [0.1, 0.15) is 0 Å². The van der Waals surface area contributed by atoms with E-state index >= 15 is 0 Å². The number of esters is 1. The predicted octanol–water partition coefficient (Wildman–Crippen LogP) is 2.77. The second-order valence-electron chi connectivity index (χ2n) is 5.28. The zero-order valence-corrected chi connectivity index (χ0v) is 12.5. The topological polar surface area (TPSA) is 48.3 Å². The van der Waals surface area contributed by atoms with Crippen molar-refractivity contribution in [2.45, 2.75) is 33.4 Å². The Balaban J connectivity index is 2.24. The second kappa shape index (κ2) is 6.39. The molecule has 0 N–H and O–H groups in total. The maximum absolute atomic E-state index is 12.0. The quantitative estimate of drug-likeness (QED) is 0.812. The van der Waals surface area contributed by atoms with Crippen LogP contribution in [-0.4, -0.2) is 16.6 Å². The first-order valence-electron chi connectivity index (χ1n) is 6.93. The molecule has 1 aromatic carbocycles. The van der Waals surface area contributed by atoms with Gasteiger partial charge in [-0.15, -0.1) is 0 Å². The number of benzene rings is 1. The van der Waals surface area contributed by atoms with Crippen LogP contribution in [0.5, 0.6) is 0 Å². The summed E-state index contributed by atoms with van der Waals surface area (Å²) in [4.78, 5) is 23.9. The molecule has 4 nitrogen and oxygen atoms in total. The molecule has 2 aromatic rings. The normalized spacial score (nSPS) is 10.7. The van der Waals surface area contributed by atoms with Crippen LogP contribution < -0.4 is 5.56 Å². The van der Waals surface area contributed by atoms with Gasteiger partial charge in [-0.05, 0) is 44.5 Å². The fraction of sp³-hybridized carbons (Fsp3) is 0.294. The van der Waals surface area contributed by atoms with Crippen LogP contribution >= 0.6 is 0 Å². The zero-order valence-electron chi connectivity index (χ0n) is 12.5. The Morgan fingerprint density at radius 3 is 2.71 bits per heavy atom. The summed E-state index contributed by atoms with van der Waals surface area (Å²) in [6.45, 7) is 5.85. The number of hydrogen-bond donors (Lipinski definition) is 0. The SMILES string of the molecule is Cc1cccn(Cc2cccc(C(=O)OC(C)C)c2)c1=O. The fourth-order valence-corrected chi connectivity index (χ4v) is 2.06. The summed E-state index contributed by atoms with van der Waals surface area (Å²) in [5.74, 6) is -0.344. The van der Waals surface area contributed by atoms with Gasteiger partial charge in [-0.1, -0.05) is 18.2 Å². The molecule has 0 spiro atoms. The van der Waals surface area contributed by atoms with Gasteiger partial charge < -0.3 is 9.30 Å². The van der Waals surface area contributed by atoms with Crippen LogP contribution in [0.4, 0.5) is 0 Å². The summed E-state index contributed by atoms with van der Waals surface area (Å²) >= 11 is 0. The number of carbonyl (C=O) groups is 1. The van der Waals surface area contributed by atoms with Crippen molar-refractivity contribution in [2.24, 2.45) is 0 Å². The molecule has 0 saturated carbocycles. The maximum Gasteiger partial charge on any atom is 0.338 e. The van der Waals surface area contributed by atoms with E-state index in [1.807, 2.05) is 26.0 Å². The summed E-state index contributed by atoms with van der Waals surface area (Å²) in [5, 5.41) is 0. The molecule has 0 aliphatic heterocycles. The van der Waals surface area contributed by atoms with Crippen molar-refractivity contribution in [1.82, 2.24) is 4.57 Å². The van der Waals surface area contributed by atoms with E-state index < -0.39 is 0 Å². The molecule has 0 fully saturated rings. The Hall–Kier alpha value is -2.36. The Kier molecular flexibility index (Phi) is 4.58. The first kappa shape index (κ1) is 15.0. The van der Waals surface area contributed by atoms with Crippen LogP contribution in [0.15, 0.2) is 47.4 Å². The second-order valence-corrected chi connectivity index (χ2v) is 5.28. The maximum atomic E-state index is 12.0. The first-order chi connectivity index (χ1) is 9.97. The monoisotopic (exact) mass is 285 g/mol. The van der Waals surface area contributed by atoms with Gasteiger partial charge in [0.2, 0.25) is 0 Å². The minimum atomic E-state index is -0.344. The fourth-order valence-electron chi connectivity index (χ4n) is 2.06. The highest BCUT2D eigenvalue weighted by atomic mass is 16.5. The van der Waals surface area contributed by atoms with Gasteiger partial charge in [-0.3, -0.25) is 4.79 Å². The molecule has 1 heterocycles. The van der Waals surface area contributed by atoms with Crippen LogP contribution in [0.1, 0.15) is 35.3 Å². The molecular weight excluding hydrogens is 266 g/mol. The van der Waals surface area contributed by atoms with Crippen molar-refractivity contribution in [3.63, 3.8) is 0 Å². The summed E-state index contributed by atoms with van der Waals surface area (Å²) in [6.07, 6.45) is 1.59. The van der Waals surface area contributed by atoms with E-state index in [2.05, 4.69) is 0 Å². The van der Waals surface area contributed by atoms with Gasteiger partial charge in [-0.2, -0.15) is 0 Å². The van der Waals surface area contributed by atoms with Gasteiger partial charge >= 0.3 is 5.97 Å². The Bertz CT molecular complexity index is 701. The standard InChI is InChI=1S/C17H19NO3/c1-12(2)21-17(20)15-8-4-7-14(10-15)11-18-9-5-6-13(3)16(18)19/h4-10,12H,11H2,1-3H3. The summed E-state index contributed by atoms with van der Waals surface area (Å²) in [5.41, 5.74) is 2.07. The van der Waals surface area contributed by atoms with Crippen molar-refractivity contribution >= 4 is 5.97 Å². The molecule has 0 aliphatic carbocycles. The third kappa shape index (κ3) is 3.81. The lowest BCUT2D eigenvalue weighted by molar-refractivity contribution is 0.0378. The van der Waals surface area contributed by atoms with Crippen molar-refractivity contribution in [1.29, 1.82) is 0 Å². The van der Waals surface area contributed by atoms with Crippen LogP contribution in [0.25, 0.3) is 0 Å². The van der Waals surface area contributed by atoms with Crippen molar-refractivity contribution < 1.29 is 9.53 Å². The first-order valence-corrected chi connectivity index (χ1v) is 6.93. The van der Waals surface area contributed by atoms with E-state index in [0.717, 1.165) is 5.56 Å². The minimum Gasteiger partial charge on any atom is -0.459 e. The van der Waals surface area contributed by atoms with Crippen LogP contribution in [-0.2, 0) is 11.3 Å². The molecule has 2 rings (SSSR count). The molecule has 0 amide bonds. The van der Waals surface area contributed by atoms with Crippen molar-refractivity contribution in [3.05, 3.63) is 69.6 Å². The van der Waals surface area contributed by atoms with Gasteiger partial charge in [0.15, 0.2) is 0 Å². The van der Waals surface area contributed by atoms with E-state index in [0.29, 0.717) is 17.7 Å². The molecule has 110 valence electrons. The minimum absolute atomic E-state index is 0.0207. The molecule has 0 atom stereocenters. The van der Waals surface area contributed by atoms with Crippen LogP contribution in [0.2, 0.25) is 0 Å². The Morgan fingerprint density at radius 2 is 2.00 bits per heavy atom. The Labute approximate surface area is 124 Å². The van der Waals surface area contributed by atoms with Gasteiger partial charge in [0.05, 0.1) is 18.2 Å². The molecule has 0 saturated heterocycles. The molecule has 0 aliphatic rings. The average molecular weight is 285 g/mol. The van der Waals surface area contributed by atoms with E-state index in [1.54, 1.807) is 42.0 Å². The molecule has 0 bridgehead atoms. The Morgan fingerprint density at radius 1 is 1.24 bits per heavy atom. The molecule has 0 unspecified atom stereocenters. The van der Waals surface area contributed by atoms with Gasteiger partial charge in [0.25, 0.3) is 5.56 Å². The number of carbonyl (C=O) groups excluding carboxylic acids is 1. The summed E-state index contributed by atoms with van der Waals surface area (Å²) < 4.78 is 6.80. The van der Waals surface area contributed by atoms with E-state index in [4.69, 9.17) is 4.74 Å². The third-order valence-electron chi connectivity index (χ3n) is 3.07. The smallest absolute Gasteiger partial charge is 0.338 e.